The topological polar surface area (TPSA) is 55.4 Å². The molecule has 1 aliphatic carbocycles. The lowest BCUT2D eigenvalue weighted by atomic mass is 10.1. The van der Waals surface area contributed by atoms with E-state index in [1.54, 1.807) is 24.3 Å². The van der Waals surface area contributed by atoms with Crippen LogP contribution < -0.4 is 5.32 Å². The third-order valence-corrected chi connectivity index (χ3v) is 4.37. The first kappa shape index (κ1) is 15.6. The lowest BCUT2D eigenvalue weighted by Crippen LogP contribution is -2.17. The van der Waals surface area contributed by atoms with Crippen LogP contribution in [0.3, 0.4) is 0 Å². The summed E-state index contributed by atoms with van der Waals surface area (Å²) in [6.07, 6.45) is 0.760. The largest absolute Gasteiger partial charge is 0.465 e. The minimum atomic E-state index is -0.473. The van der Waals surface area contributed by atoms with Crippen LogP contribution in [0.15, 0.2) is 48.5 Å². The number of para-hydroxylation sites is 1. The summed E-state index contributed by atoms with van der Waals surface area (Å²) < 4.78 is 4.73. The maximum absolute atomic E-state index is 12.4. The van der Waals surface area contributed by atoms with E-state index in [4.69, 9.17) is 16.3 Å². The van der Waals surface area contributed by atoms with E-state index in [1.165, 1.54) is 7.11 Å². The first-order valence-electron chi connectivity index (χ1n) is 7.34. The first-order valence-corrected chi connectivity index (χ1v) is 7.72. The Bertz CT molecular complexity index is 759. The Morgan fingerprint density at radius 2 is 1.83 bits per heavy atom. The van der Waals surface area contributed by atoms with E-state index in [9.17, 15) is 9.59 Å². The number of nitrogens with one attached hydrogen (secondary N) is 1. The van der Waals surface area contributed by atoms with Gasteiger partial charge >= 0.3 is 5.97 Å². The molecule has 2 aromatic rings. The van der Waals surface area contributed by atoms with Crippen molar-refractivity contribution in [1.29, 1.82) is 0 Å². The van der Waals surface area contributed by atoms with Gasteiger partial charge in [-0.15, -0.1) is 0 Å². The molecule has 0 spiro atoms. The van der Waals surface area contributed by atoms with Crippen LogP contribution in [0.25, 0.3) is 0 Å². The second-order valence-corrected chi connectivity index (χ2v) is 5.90. The van der Waals surface area contributed by atoms with Crippen molar-refractivity contribution in [1.82, 2.24) is 0 Å². The van der Waals surface area contributed by atoms with Gasteiger partial charge in [0.25, 0.3) is 0 Å². The number of benzene rings is 2. The molecule has 2 aromatic carbocycles. The molecule has 1 fully saturated rings. The van der Waals surface area contributed by atoms with E-state index in [1.807, 2.05) is 24.3 Å². The number of methoxy groups -OCH3 is 1. The average molecular weight is 330 g/mol. The standard InChI is InChI=1S/C18H16ClNO3/c1-23-18(22)12-7-3-5-9-16(12)20-17(21)14-10-13(14)11-6-2-4-8-15(11)19/h2-9,13-14H,10H2,1H3,(H,20,21). The number of amides is 1. The van der Waals surface area contributed by atoms with Crippen molar-refractivity contribution >= 4 is 29.2 Å². The van der Waals surface area contributed by atoms with Crippen LogP contribution in [-0.4, -0.2) is 19.0 Å². The van der Waals surface area contributed by atoms with Crippen LogP contribution in [0.4, 0.5) is 5.69 Å². The van der Waals surface area contributed by atoms with Crippen LogP contribution in [0, 0.1) is 5.92 Å². The van der Waals surface area contributed by atoms with Crippen molar-refractivity contribution in [3.05, 3.63) is 64.7 Å². The molecule has 5 heteroatoms. The fourth-order valence-electron chi connectivity index (χ4n) is 2.71. The van der Waals surface area contributed by atoms with Gasteiger partial charge in [0, 0.05) is 10.9 Å². The molecule has 0 bridgehead atoms. The van der Waals surface area contributed by atoms with Gasteiger partial charge in [-0.3, -0.25) is 4.79 Å². The molecule has 23 heavy (non-hydrogen) atoms. The molecule has 2 unspecified atom stereocenters. The molecule has 3 rings (SSSR count). The first-order chi connectivity index (χ1) is 11.1. The van der Waals surface area contributed by atoms with Gasteiger partial charge < -0.3 is 10.1 Å². The fraction of sp³-hybridized carbons (Fsp3) is 0.222. The van der Waals surface area contributed by atoms with Gasteiger partial charge in [0.2, 0.25) is 5.91 Å². The van der Waals surface area contributed by atoms with Crippen LogP contribution in [0.1, 0.15) is 28.3 Å². The highest BCUT2D eigenvalue weighted by molar-refractivity contribution is 6.31. The van der Waals surface area contributed by atoms with E-state index in [0.29, 0.717) is 16.3 Å². The molecular weight excluding hydrogens is 314 g/mol. The molecule has 0 saturated heterocycles. The molecule has 1 amide bonds. The summed E-state index contributed by atoms with van der Waals surface area (Å²) in [4.78, 5) is 24.2. The third-order valence-electron chi connectivity index (χ3n) is 4.02. The van der Waals surface area contributed by atoms with Crippen molar-refractivity contribution in [2.45, 2.75) is 12.3 Å². The number of esters is 1. The van der Waals surface area contributed by atoms with Gasteiger partial charge in [-0.05, 0) is 36.1 Å². The van der Waals surface area contributed by atoms with Gasteiger partial charge in [0.15, 0.2) is 0 Å². The van der Waals surface area contributed by atoms with Gasteiger partial charge in [0.1, 0.15) is 0 Å². The van der Waals surface area contributed by atoms with Crippen molar-refractivity contribution < 1.29 is 14.3 Å². The Labute approximate surface area is 139 Å². The van der Waals surface area contributed by atoms with Crippen molar-refractivity contribution in [2.75, 3.05) is 12.4 Å². The van der Waals surface area contributed by atoms with E-state index < -0.39 is 5.97 Å². The summed E-state index contributed by atoms with van der Waals surface area (Å²) in [6.45, 7) is 0. The second kappa shape index (κ2) is 6.42. The molecule has 0 aliphatic heterocycles. The van der Waals surface area contributed by atoms with E-state index in [0.717, 1.165) is 12.0 Å². The van der Waals surface area contributed by atoms with Crippen molar-refractivity contribution in [2.24, 2.45) is 5.92 Å². The second-order valence-electron chi connectivity index (χ2n) is 5.50. The zero-order valence-corrected chi connectivity index (χ0v) is 13.3. The highest BCUT2D eigenvalue weighted by atomic mass is 35.5. The van der Waals surface area contributed by atoms with E-state index in [-0.39, 0.29) is 17.7 Å². The fourth-order valence-corrected chi connectivity index (χ4v) is 2.99. The summed E-state index contributed by atoms with van der Waals surface area (Å²) >= 11 is 6.18. The molecule has 0 radical (unpaired) electrons. The van der Waals surface area contributed by atoms with Crippen LogP contribution >= 0.6 is 11.6 Å². The number of carbonyl (C=O) groups is 2. The molecule has 1 saturated carbocycles. The molecule has 118 valence electrons. The number of halogens is 1. The molecule has 0 heterocycles. The van der Waals surface area contributed by atoms with Crippen molar-refractivity contribution in [3.63, 3.8) is 0 Å². The predicted molar refractivity (Wildman–Crippen MR) is 88.7 cm³/mol. The van der Waals surface area contributed by atoms with Crippen LogP contribution in [-0.2, 0) is 9.53 Å². The monoisotopic (exact) mass is 329 g/mol. The zero-order chi connectivity index (χ0) is 16.4. The number of hydrogen-bond donors (Lipinski definition) is 1. The summed E-state index contributed by atoms with van der Waals surface area (Å²) in [5.74, 6) is -0.569. The maximum atomic E-state index is 12.4. The SMILES string of the molecule is COC(=O)c1ccccc1NC(=O)C1CC1c1ccccc1Cl. The minimum absolute atomic E-state index is 0.105. The van der Waals surface area contributed by atoms with Crippen LogP contribution in [0.5, 0.6) is 0 Å². The number of anilines is 1. The summed E-state index contributed by atoms with van der Waals surface area (Å²) in [5, 5.41) is 3.51. The molecule has 2 atom stereocenters. The van der Waals surface area contributed by atoms with E-state index in [2.05, 4.69) is 5.32 Å². The lowest BCUT2D eigenvalue weighted by Gasteiger charge is -2.09. The van der Waals surface area contributed by atoms with Crippen LogP contribution in [0.2, 0.25) is 5.02 Å². The third kappa shape index (κ3) is 3.22. The van der Waals surface area contributed by atoms with Crippen molar-refractivity contribution in [3.8, 4) is 0 Å². The number of hydrogen-bond acceptors (Lipinski definition) is 3. The Kier molecular flexibility index (Phi) is 4.35. The average Bonchev–Trinajstić information content (AvgIpc) is 3.35. The molecule has 1 N–H and O–H groups in total. The van der Waals surface area contributed by atoms with Gasteiger partial charge in [-0.2, -0.15) is 0 Å². The number of ether oxygens (including phenoxy) is 1. The zero-order valence-electron chi connectivity index (χ0n) is 12.6. The van der Waals surface area contributed by atoms with Gasteiger partial charge in [0.05, 0.1) is 18.4 Å². The summed E-state index contributed by atoms with van der Waals surface area (Å²) in [7, 11) is 1.31. The number of rotatable bonds is 4. The lowest BCUT2D eigenvalue weighted by molar-refractivity contribution is -0.117. The smallest absolute Gasteiger partial charge is 0.339 e. The Morgan fingerprint density at radius 1 is 1.13 bits per heavy atom. The van der Waals surface area contributed by atoms with Gasteiger partial charge in [-0.1, -0.05) is 41.9 Å². The van der Waals surface area contributed by atoms with E-state index >= 15 is 0 Å². The summed E-state index contributed by atoms with van der Waals surface area (Å²) in [5.41, 5.74) is 1.81. The molecule has 4 nitrogen and oxygen atoms in total. The highest BCUT2D eigenvalue weighted by Gasteiger charge is 2.44. The Balaban J connectivity index is 1.73. The molecule has 1 aliphatic rings. The molecular formula is C18H16ClNO3. The highest BCUT2D eigenvalue weighted by Crippen LogP contribution is 2.50. The predicted octanol–water partition coefficient (Wildman–Crippen LogP) is 3.87. The minimum Gasteiger partial charge on any atom is -0.465 e. The normalized spacial score (nSPS) is 19.0. The van der Waals surface area contributed by atoms with Gasteiger partial charge in [-0.25, -0.2) is 4.79 Å². The quantitative estimate of drug-likeness (QED) is 0.866. The number of carbonyl (C=O) groups excluding carboxylic acids is 2. The summed E-state index contributed by atoms with van der Waals surface area (Å²) in [6, 6.07) is 14.4. The maximum Gasteiger partial charge on any atom is 0.339 e. The molecule has 0 aromatic heterocycles. The Morgan fingerprint density at radius 3 is 2.57 bits per heavy atom. The Hall–Kier alpha value is -2.33.